The van der Waals surface area contributed by atoms with Gasteiger partial charge in [0.25, 0.3) is 0 Å². The maximum atomic E-state index is 5.80. The molecule has 4 heteroatoms. The fourth-order valence-electron chi connectivity index (χ4n) is 1.35. The highest BCUT2D eigenvalue weighted by Crippen LogP contribution is 2.35. The van der Waals surface area contributed by atoms with Gasteiger partial charge in [-0.1, -0.05) is 19.8 Å². The zero-order chi connectivity index (χ0) is 11.1. The summed E-state index contributed by atoms with van der Waals surface area (Å²) >= 11 is 7.28. The number of thiophene rings is 1. The average Bonchev–Trinajstić information content (AvgIpc) is 2.65. The molecule has 0 fully saturated rings. The summed E-state index contributed by atoms with van der Waals surface area (Å²) in [6.45, 7) is 2.98. The van der Waals surface area contributed by atoms with Crippen molar-refractivity contribution in [1.29, 1.82) is 0 Å². The number of rotatable bonds is 7. The molecule has 0 saturated carbocycles. The third-order valence-electron chi connectivity index (χ3n) is 2.19. The van der Waals surface area contributed by atoms with Gasteiger partial charge in [0, 0.05) is 11.4 Å². The molecule has 0 spiro atoms. The molecule has 86 valence electrons. The third-order valence-corrected chi connectivity index (χ3v) is 5.45. The molecule has 0 aliphatic heterocycles. The largest absolute Gasteiger partial charge is 0.329 e. The molecular weight excluding hydrogens is 290 g/mol. The van der Waals surface area contributed by atoms with E-state index in [4.69, 9.17) is 5.73 Å². The summed E-state index contributed by atoms with van der Waals surface area (Å²) in [5.74, 6) is 1.23. The Labute approximate surface area is 109 Å². The van der Waals surface area contributed by atoms with E-state index >= 15 is 0 Å². The molecule has 2 N–H and O–H groups in total. The maximum Gasteiger partial charge on any atom is 0.0701 e. The molecule has 1 rings (SSSR count). The molecule has 0 saturated heterocycles. The minimum Gasteiger partial charge on any atom is -0.329 e. The predicted octanol–water partition coefficient (Wildman–Crippen LogP) is 4.43. The maximum absolute atomic E-state index is 5.80. The lowest BCUT2D eigenvalue weighted by atomic mass is 10.3. The van der Waals surface area contributed by atoms with Crippen molar-refractivity contribution in [3.8, 4) is 0 Å². The van der Waals surface area contributed by atoms with E-state index in [9.17, 15) is 0 Å². The van der Waals surface area contributed by atoms with Crippen LogP contribution in [-0.4, -0.2) is 12.3 Å². The Bertz CT molecular complexity index is 275. The monoisotopic (exact) mass is 307 g/mol. The number of hydrogen-bond donors (Lipinski definition) is 1. The van der Waals surface area contributed by atoms with Gasteiger partial charge in [-0.2, -0.15) is 11.8 Å². The summed E-state index contributed by atoms with van der Waals surface area (Å²) in [6, 6.07) is 4.29. The van der Waals surface area contributed by atoms with Crippen molar-refractivity contribution in [2.24, 2.45) is 5.73 Å². The van der Waals surface area contributed by atoms with Gasteiger partial charge in [-0.3, -0.25) is 0 Å². The van der Waals surface area contributed by atoms with Crippen LogP contribution in [0.3, 0.4) is 0 Å². The summed E-state index contributed by atoms with van der Waals surface area (Å²) < 4.78 is 1.20. The van der Waals surface area contributed by atoms with Crippen LogP contribution < -0.4 is 5.73 Å². The Kier molecular flexibility index (Phi) is 6.97. The molecule has 0 aliphatic rings. The van der Waals surface area contributed by atoms with Crippen molar-refractivity contribution in [3.63, 3.8) is 0 Å². The fraction of sp³-hybridized carbons (Fsp3) is 0.636. The molecule has 1 aromatic rings. The second kappa shape index (κ2) is 7.71. The fourth-order valence-corrected chi connectivity index (χ4v) is 4.15. The average molecular weight is 308 g/mol. The van der Waals surface area contributed by atoms with E-state index in [1.807, 2.05) is 11.8 Å². The van der Waals surface area contributed by atoms with Crippen LogP contribution in [0.25, 0.3) is 0 Å². The lowest BCUT2D eigenvalue weighted by Crippen LogP contribution is -2.08. The minimum absolute atomic E-state index is 0.484. The number of thioether (sulfide) groups is 1. The first-order valence-electron chi connectivity index (χ1n) is 5.34. The molecule has 1 heterocycles. The normalized spacial score (nSPS) is 13.0. The Balaban J connectivity index is 2.35. The second-order valence-electron chi connectivity index (χ2n) is 3.44. The van der Waals surface area contributed by atoms with Crippen LogP contribution in [-0.2, 0) is 0 Å². The summed E-state index contributed by atoms with van der Waals surface area (Å²) in [7, 11) is 0. The number of nitrogens with two attached hydrogens (primary N) is 1. The molecule has 15 heavy (non-hydrogen) atoms. The van der Waals surface area contributed by atoms with Gasteiger partial charge < -0.3 is 5.73 Å². The molecule has 1 aromatic heterocycles. The zero-order valence-electron chi connectivity index (χ0n) is 9.04. The van der Waals surface area contributed by atoms with Crippen LogP contribution >= 0.6 is 39.0 Å². The Hall–Kier alpha value is 0.490. The van der Waals surface area contributed by atoms with Crippen molar-refractivity contribution in [3.05, 3.63) is 20.8 Å². The molecule has 0 aromatic carbocycles. The standard InChI is InChI=1S/C11H18BrNS2/c1-2-3-4-7-14-10(8-13)9-5-6-11(12)15-9/h5-6,10H,2-4,7-8,13H2,1H3. The minimum atomic E-state index is 0.484. The predicted molar refractivity (Wildman–Crippen MR) is 75.8 cm³/mol. The molecule has 0 radical (unpaired) electrons. The highest BCUT2D eigenvalue weighted by molar-refractivity contribution is 9.11. The van der Waals surface area contributed by atoms with Crippen molar-refractivity contribution in [2.75, 3.05) is 12.3 Å². The van der Waals surface area contributed by atoms with Gasteiger partial charge in [-0.05, 0) is 40.2 Å². The Morgan fingerprint density at radius 3 is 2.80 bits per heavy atom. The summed E-state index contributed by atoms with van der Waals surface area (Å²) in [5, 5.41) is 0.484. The lowest BCUT2D eigenvalue weighted by Gasteiger charge is -2.11. The van der Waals surface area contributed by atoms with Crippen molar-refractivity contribution >= 4 is 39.0 Å². The second-order valence-corrected chi connectivity index (χ2v) is 7.25. The van der Waals surface area contributed by atoms with E-state index in [2.05, 4.69) is 35.0 Å². The van der Waals surface area contributed by atoms with Gasteiger partial charge in [0.15, 0.2) is 0 Å². The Morgan fingerprint density at radius 1 is 1.47 bits per heavy atom. The van der Waals surface area contributed by atoms with Crippen LogP contribution in [0.1, 0.15) is 36.3 Å². The molecular formula is C11H18BrNS2. The van der Waals surface area contributed by atoms with Gasteiger partial charge in [0.05, 0.1) is 9.04 Å². The topological polar surface area (TPSA) is 26.0 Å². The first-order valence-corrected chi connectivity index (χ1v) is 8.00. The zero-order valence-corrected chi connectivity index (χ0v) is 12.3. The lowest BCUT2D eigenvalue weighted by molar-refractivity contribution is 0.776. The van der Waals surface area contributed by atoms with E-state index in [0.29, 0.717) is 5.25 Å². The van der Waals surface area contributed by atoms with E-state index < -0.39 is 0 Å². The van der Waals surface area contributed by atoms with E-state index in [1.165, 1.54) is 33.7 Å². The van der Waals surface area contributed by atoms with Crippen LogP contribution in [0.15, 0.2) is 15.9 Å². The molecule has 0 aliphatic carbocycles. The number of hydrogen-bond acceptors (Lipinski definition) is 3. The molecule has 0 bridgehead atoms. The van der Waals surface area contributed by atoms with Crippen molar-refractivity contribution in [1.82, 2.24) is 0 Å². The first kappa shape index (κ1) is 13.6. The van der Waals surface area contributed by atoms with Gasteiger partial charge >= 0.3 is 0 Å². The molecule has 1 nitrogen and oxygen atoms in total. The highest BCUT2D eigenvalue weighted by atomic mass is 79.9. The van der Waals surface area contributed by atoms with Crippen molar-refractivity contribution in [2.45, 2.75) is 31.4 Å². The number of halogens is 1. The van der Waals surface area contributed by atoms with E-state index in [0.717, 1.165) is 6.54 Å². The first-order chi connectivity index (χ1) is 7.27. The van der Waals surface area contributed by atoms with Crippen LogP contribution in [0.2, 0.25) is 0 Å². The summed E-state index contributed by atoms with van der Waals surface area (Å²) in [4.78, 5) is 1.39. The molecule has 1 atom stereocenters. The third kappa shape index (κ3) is 4.89. The van der Waals surface area contributed by atoms with E-state index in [-0.39, 0.29) is 0 Å². The highest BCUT2D eigenvalue weighted by Gasteiger charge is 2.11. The van der Waals surface area contributed by atoms with Gasteiger partial charge in [-0.25, -0.2) is 0 Å². The van der Waals surface area contributed by atoms with Gasteiger partial charge in [-0.15, -0.1) is 11.3 Å². The van der Waals surface area contributed by atoms with Crippen LogP contribution in [0, 0.1) is 0 Å². The Morgan fingerprint density at radius 2 is 2.27 bits per heavy atom. The summed E-state index contributed by atoms with van der Waals surface area (Å²) in [6.07, 6.45) is 3.93. The number of unbranched alkanes of at least 4 members (excludes halogenated alkanes) is 2. The SMILES string of the molecule is CCCCCSC(CN)c1ccc(Br)s1. The smallest absolute Gasteiger partial charge is 0.0701 e. The van der Waals surface area contributed by atoms with Crippen LogP contribution in [0.5, 0.6) is 0 Å². The quantitative estimate of drug-likeness (QED) is 0.754. The molecule has 1 unspecified atom stereocenters. The summed E-state index contributed by atoms with van der Waals surface area (Å²) in [5.41, 5.74) is 5.80. The molecule has 0 amide bonds. The van der Waals surface area contributed by atoms with E-state index in [1.54, 1.807) is 11.3 Å². The van der Waals surface area contributed by atoms with Crippen molar-refractivity contribution < 1.29 is 0 Å². The van der Waals surface area contributed by atoms with Crippen LogP contribution in [0.4, 0.5) is 0 Å². The van der Waals surface area contributed by atoms with Gasteiger partial charge in [0.1, 0.15) is 0 Å². The van der Waals surface area contributed by atoms with Gasteiger partial charge in [0.2, 0.25) is 0 Å².